The van der Waals surface area contributed by atoms with Crippen LogP contribution in [0.25, 0.3) is 0 Å². The minimum atomic E-state index is -1.78. The molecule has 2 rings (SSSR count). The van der Waals surface area contributed by atoms with Gasteiger partial charge >= 0.3 is 5.97 Å². The Labute approximate surface area is 116 Å². The van der Waals surface area contributed by atoms with Crippen LogP contribution in [-0.4, -0.2) is 21.0 Å². The summed E-state index contributed by atoms with van der Waals surface area (Å²) in [6.07, 6.45) is 2.01. The molecule has 0 atom stereocenters. The van der Waals surface area contributed by atoms with Crippen LogP contribution in [0, 0.1) is 23.3 Å². The van der Waals surface area contributed by atoms with E-state index in [9.17, 15) is 22.4 Å². The van der Waals surface area contributed by atoms with Crippen molar-refractivity contribution in [1.29, 1.82) is 0 Å². The Morgan fingerprint density at radius 2 is 1.86 bits per heavy atom. The summed E-state index contributed by atoms with van der Waals surface area (Å²) in [5, 5.41) is 7.27. The van der Waals surface area contributed by atoms with E-state index in [1.807, 2.05) is 6.92 Å². The van der Waals surface area contributed by atoms with E-state index in [0.29, 0.717) is 12.1 Å². The van der Waals surface area contributed by atoms with Gasteiger partial charge in [0, 0.05) is 12.3 Å². The number of halogens is 4. The smallest absolute Gasteiger partial charge is 0.333 e. The SMILES string of the molecule is CCc1cn(CC(=O)Oc2c(F)c(F)cc(F)c2F)nn1. The maximum atomic E-state index is 13.3. The Morgan fingerprint density at radius 3 is 2.38 bits per heavy atom. The van der Waals surface area contributed by atoms with Gasteiger partial charge in [-0.3, -0.25) is 0 Å². The molecule has 0 saturated carbocycles. The lowest BCUT2D eigenvalue weighted by Gasteiger charge is -2.07. The summed E-state index contributed by atoms with van der Waals surface area (Å²) in [7, 11) is 0. The number of aryl methyl sites for hydroxylation is 1. The van der Waals surface area contributed by atoms with Crippen LogP contribution in [-0.2, 0) is 17.8 Å². The van der Waals surface area contributed by atoms with E-state index >= 15 is 0 Å². The highest BCUT2D eigenvalue weighted by atomic mass is 19.2. The molecule has 0 unspecified atom stereocenters. The quantitative estimate of drug-likeness (QED) is 0.375. The van der Waals surface area contributed by atoms with Crippen LogP contribution < -0.4 is 4.74 Å². The molecular formula is C12H9F4N3O2. The molecular weight excluding hydrogens is 294 g/mol. The van der Waals surface area contributed by atoms with Gasteiger partial charge < -0.3 is 4.74 Å². The highest BCUT2D eigenvalue weighted by molar-refractivity contribution is 5.72. The van der Waals surface area contributed by atoms with Gasteiger partial charge in [0.2, 0.25) is 17.4 Å². The molecule has 0 aliphatic carbocycles. The van der Waals surface area contributed by atoms with Crippen molar-refractivity contribution in [2.45, 2.75) is 19.9 Å². The Bertz CT molecular complexity index is 661. The molecule has 0 bridgehead atoms. The standard InChI is InChI=1S/C12H9F4N3O2/c1-2-6-4-19(18-17-6)5-9(20)21-12-10(15)7(13)3-8(14)11(12)16/h3-4H,2,5H2,1H3. The maximum Gasteiger partial charge on any atom is 0.333 e. The van der Waals surface area contributed by atoms with Gasteiger partial charge in [0.1, 0.15) is 6.54 Å². The highest BCUT2D eigenvalue weighted by Gasteiger charge is 2.23. The Kier molecular flexibility index (Phi) is 4.20. The zero-order chi connectivity index (χ0) is 15.6. The zero-order valence-electron chi connectivity index (χ0n) is 10.7. The highest BCUT2D eigenvalue weighted by Crippen LogP contribution is 2.26. The summed E-state index contributed by atoms with van der Waals surface area (Å²) in [4.78, 5) is 11.5. The lowest BCUT2D eigenvalue weighted by Crippen LogP contribution is -2.18. The van der Waals surface area contributed by atoms with Crippen LogP contribution in [0.3, 0.4) is 0 Å². The lowest BCUT2D eigenvalue weighted by atomic mass is 10.3. The number of rotatable bonds is 4. The molecule has 0 saturated heterocycles. The number of carbonyl (C=O) groups excluding carboxylic acids is 1. The number of esters is 1. The van der Waals surface area contributed by atoms with E-state index in [4.69, 9.17) is 0 Å². The number of hydrogen-bond donors (Lipinski definition) is 0. The minimum Gasteiger partial charge on any atom is -0.419 e. The van der Waals surface area contributed by atoms with Crippen molar-refractivity contribution >= 4 is 5.97 Å². The second kappa shape index (κ2) is 5.90. The molecule has 21 heavy (non-hydrogen) atoms. The van der Waals surface area contributed by atoms with Gasteiger partial charge in [-0.15, -0.1) is 5.10 Å². The van der Waals surface area contributed by atoms with Gasteiger partial charge in [-0.1, -0.05) is 12.1 Å². The van der Waals surface area contributed by atoms with Gasteiger partial charge in [0.15, 0.2) is 11.6 Å². The fraction of sp³-hybridized carbons (Fsp3) is 0.250. The number of nitrogens with zero attached hydrogens (tertiary/aromatic N) is 3. The molecule has 0 aliphatic rings. The maximum absolute atomic E-state index is 13.3. The van der Waals surface area contributed by atoms with E-state index in [1.54, 1.807) is 0 Å². The fourth-order valence-electron chi connectivity index (χ4n) is 1.50. The number of hydrogen-bond acceptors (Lipinski definition) is 4. The molecule has 0 N–H and O–H groups in total. The first-order chi connectivity index (χ1) is 9.92. The molecule has 1 aromatic heterocycles. The first-order valence-electron chi connectivity index (χ1n) is 5.85. The van der Waals surface area contributed by atoms with Crippen molar-refractivity contribution in [1.82, 2.24) is 15.0 Å². The van der Waals surface area contributed by atoms with Crippen LogP contribution in [0.4, 0.5) is 17.6 Å². The summed E-state index contributed by atoms with van der Waals surface area (Å²) in [6.45, 7) is 1.30. The molecule has 5 nitrogen and oxygen atoms in total. The number of aromatic nitrogens is 3. The van der Waals surface area contributed by atoms with Gasteiger partial charge in [-0.25, -0.2) is 18.3 Å². The van der Waals surface area contributed by atoms with E-state index in [0.717, 1.165) is 4.68 Å². The van der Waals surface area contributed by atoms with Gasteiger partial charge in [-0.05, 0) is 6.42 Å². The van der Waals surface area contributed by atoms with E-state index in [-0.39, 0.29) is 6.07 Å². The lowest BCUT2D eigenvalue weighted by molar-refractivity contribution is -0.135. The second-order valence-electron chi connectivity index (χ2n) is 4.03. The predicted octanol–water partition coefficient (Wildman–Crippen LogP) is 2.00. The summed E-state index contributed by atoms with van der Waals surface area (Å²) in [5.41, 5.74) is 0.594. The molecule has 9 heteroatoms. The van der Waals surface area contributed by atoms with Crippen LogP contribution >= 0.6 is 0 Å². The van der Waals surface area contributed by atoms with Gasteiger partial charge in [-0.2, -0.15) is 8.78 Å². The number of ether oxygens (including phenoxy) is 1. The number of benzene rings is 1. The Hall–Kier alpha value is -2.45. The molecule has 0 aliphatic heterocycles. The monoisotopic (exact) mass is 303 g/mol. The van der Waals surface area contributed by atoms with E-state index in [2.05, 4.69) is 15.0 Å². The van der Waals surface area contributed by atoms with E-state index in [1.165, 1.54) is 6.20 Å². The fourth-order valence-corrected chi connectivity index (χ4v) is 1.50. The molecule has 0 fully saturated rings. The summed E-state index contributed by atoms with van der Waals surface area (Å²) in [6, 6.07) is 0.0208. The van der Waals surface area contributed by atoms with Crippen molar-refractivity contribution in [3.63, 3.8) is 0 Å². The number of carbonyl (C=O) groups is 1. The van der Waals surface area contributed by atoms with Gasteiger partial charge in [0.25, 0.3) is 0 Å². The van der Waals surface area contributed by atoms with Crippen molar-refractivity contribution in [2.24, 2.45) is 0 Å². The predicted molar refractivity (Wildman–Crippen MR) is 61.3 cm³/mol. The average molecular weight is 303 g/mol. The van der Waals surface area contributed by atoms with Gasteiger partial charge in [0.05, 0.1) is 5.69 Å². The topological polar surface area (TPSA) is 57.0 Å². The molecule has 0 spiro atoms. The van der Waals surface area contributed by atoms with Crippen molar-refractivity contribution in [3.8, 4) is 5.75 Å². The van der Waals surface area contributed by atoms with Crippen LogP contribution in [0.5, 0.6) is 5.75 Å². The summed E-state index contributed by atoms with van der Waals surface area (Å²) in [5.74, 6) is -9.46. The first-order valence-corrected chi connectivity index (χ1v) is 5.85. The molecule has 0 radical (unpaired) electrons. The zero-order valence-corrected chi connectivity index (χ0v) is 10.7. The second-order valence-corrected chi connectivity index (χ2v) is 4.03. The molecule has 2 aromatic rings. The van der Waals surface area contributed by atoms with Crippen LogP contribution in [0.15, 0.2) is 12.3 Å². The minimum absolute atomic E-state index is 0.0208. The third-order valence-electron chi connectivity index (χ3n) is 2.53. The molecule has 1 heterocycles. The van der Waals surface area contributed by atoms with Crippen LogP contribution in [0.2, 0.25) is 0 Å². The first kappa shape index (κ1) is 14.9. The third-order valence-corrected chi connectivity index (χ3v) is 2.53. The third kappa shape index (κ3) is 3.18. The van der Waals surface area contributed by atoms with Crippen molar-refractivity contribution in [3.05, 3.63) is 41.2 Å². The Balaban J connectivity index is 2.16. The Morgan fingerprint density at radius 1 is 1.24 bits per heavy atom. The summed E-state index contributed by atoms with van der Waals surface area (Å²) < 4.78 is 57.9. The molecule has 1 aromatic carbocycles. The largest absolute Gasteiger partial charge is 0.419 e. The van der Waals surface area contributed by atoms with E-state index < -0.39 is 41.5 Å². The van der Waals surface area contributed by atoms with Crippen molar-refractivity contribution in [2.75, 3.05) is 0 Å². The van der Waals surface area contributed by atoms with Crippen molar-refractivity contribution < 1.29 is 27.1 Å². The molecule has 112 valence electrons. The normalized spacial score (nSPS) is 10.7. The van der Waals surface area contributed by atoms with Crippen LogP contribution in [0.1, 0.15) is 12.6 Å². The summed E-state index contributed by atoms with van der Waals surface area (Å²) >= 11 is 0. The molecule has 0 amide bonds. The average Bonchev–Trinajstić information content (AvgIpc) is 2.89.